The number of aromatic nitrogens is 2. The summed E-state index contributed by atoms with van der Waals surface area (Å²) in [6, 6.07) is 6.64. The van der Waals surface area contributed by atoms with Gasteiger partial charge in [-0.2, -0.15) is 23.5 Å². The van der Waals surface area contributed by atoms with Gasteiger partial charge in [0.25, 0.3) is 0 Å². The van der Waals surface area contributed by atoms with E-state index < -0.39 is 55.2 Å². The molecule has 1 heterocycles. The molecule has 2 fully saturated rings. The smallest absolute Gasteiger partial charge is 0.381 e. The van der Waals surface area contributed by atoms with Gasteiger partial charge in [-0.15, -0.1) is 0 Å². The zero-order chi connectivity index (χ0) is 24.9. The van der Waals surface area contributed by atoms with Gasteiger partial charge in [-0.3, -0.25) is 9.48 Å². The van der Waals surface area contributed by atoms with Crippen LogP contribution in [0.1, 0.15) is 31.2 Å². The lowest BCUT2D eigenvalue weighted by atomic mass is 10.0. The molecule has 2 aliphatic rings. The Labute approximate surface area is 194 Å². The minimum atomic E-state index is -4.92. The number of benzene rings is 1. The summed E-state index contributed by atoms with van der Waals surface area (Å²) < 4.78 is 75.4. The molecule has 2 saturated carbocycles. The highest BCUT2D eigenvalue weighted by atomic mass is 32.2. The average Bonchev–Trinajstić information content (AvgIpc) is 3.19. The molecule has 2 aliphatic carbocycles. The quantitative estimate of drug-likeness (QED) is 0.658. The second kappa shape index (κ2) is 8.39. The molecule has 2 aromatic rings. The number of hydrogen-bond donors (Lipinski definition) is 1. The number of amides is 1. The van der Waals surface area contributed by atoms with Crippen molar-refractivity contribution in [2.45, 2.75) is 53.6 Å². The fraction of sp³-hybridized carbons (Fsp3) is 0.500. The SMILES string of the molecule is CO[C@H]1C[C@@H](S(=O)(=O)c2ccc(-c3ccnn3C)cc2C(F)(F)F)C[C@@H]1C(=O)NC1(C#N)CC1. The third kappa shape index (κ3) is 4.30. The van der Waals surface area contributed by atoms with Crippen LogP contribution in [-0.4, -0.2) is 48.1 Å². The third-order valence-electron chi connectivity index (χ3n) is 6.57. The fourth-order valence-corrected chi connectivity index (χ4v) is 6.46. The molecule has 34 heavy (non-hydrogen) atoms. The number of ether oxygens (including phenoxy) is 1. The Morgan fingerprint density at radius 1 is 1.29 bits per heavy atom. The number of nitriles is 1. The Bertz CT molecular complexity index is 1260. The highest BCUT2D eigenvalue weighted by Crippen LogP contribution is 2.43. The summed E-state index contributed by atoms with van der Waals surface area (Å²) in [5, 5.41) is 14.5. The first-order valence-electron chi connectivity index (χ1n) is 10.6. The highest BCUT2D eigenvalue weighted by molar-refractivity contribution is 7.92. The summed E-state index contributed by atoms with van der Waals surface area (Å²) in [5.74, 6) is -1.41. The molecule has 0 unspecified atom stereocenters. The lowest BCUT2D eigenvalue weighted by molar-refractivity contribution is -0.139. The first-order valence-corrected chi connectivity index (χ1v) is 12.2. The van der Waals surface area contributed by atoms with Crippen molar-refractivity contribution in [1.82, 2.24) is 15.1 Å². The van der Waals surface area contributed by atoms with Gasteiger partial charge >= 0.3 is 6.18 Å². The minimum absolute atomic E-state index is 0.128. The summed E-state index contributed by atoms with van der Waals surface area (Å²) in [6.45, 7) is 0. The van der Waals surface area contributed by atoms with E-state index in [1.54, 1.807) is 7.05 Å². The van der Waals surface area contributed by atoms with Gasteiger partial charge in [0, 0.05) is 25.9 Å². The second-order valence-corrected chi connectivity index (χ2v) is 10.9. The van der Waals surface area contributed by atoms with Gasteiger partial charge in [-0.1, -0.05) is 6.07 Å². The molecular formula is C22H23F3N4O4S. The summed E-state index contributed by atoms with van der Waals surface area (Å²) in [7, 11) is -1.57. The molecule has 0 aliphatic heterocycles. The molecule has 0 spiro atoms. The molecular weight excluding hydrogens is 473 g/mol. The Morgan fingerprint density at radius 3 is 2.53 bits per heavy atom. The molecule has 1 N–H and O–H groups in total. The van der Waals surface area contributed by atoms with Crippen LogP contribution in [0.25, 0.3) is 11.3 Å². The lowest BCUT2D eigenvalue weighted by Gasteiger charge is -2.19. The second-order valence-electron chi connectivity index (χ2n) is 8.75. The maximum absolute atomic E-state index is 14.0. The molecule has 182 valence electrons. The topological polar surface area (TPSA) is 114 Å². The van der Waals surface area contributed by atoms with Crippen LogP contribution in [-0.2, 0) is 32.6 Å². The number of aryl methyl sites for hydroxylation is 1. The number of methoxy groups -OCH3 is 1. The van der Waals surface area contributed by atoms with E-state index in [0.717, 1.165) is 12.1 Å². The first kappa shape index (κ1) is 24.2. The number of nitrogens with one attached hydrogen (secondary N) is 1. The Balaban J connectivity index is 1.67. The van der Waals surface area contributed by atoms with Crippen LogP contribution in [0.2, 0.25) is 0 Å². The number of hydrogen-bond acceptors (Lipinski definition) is 6. The minimum Gasteiger partial charge on any atom is -0.381 e. The highest BCUT2D eigenvalue weighted by Gasteiger charge is 2.51. The molecule has 8 nitrogen and oxygen atoms in total. The van der Waals surface area contributed by atoms with E-state index in [2.05, 4.69) is 10.4 Å². The molecule has 0 radical (unpaired) electrons. The van der Waals surface area contributed by atoms with Crippen LogP contribution in [0.4, 0.5) is 13.2 Å². The van der Waals surface area contributed by atoms with E-state index in [-0.39, 0.29) is 18.4 Å². The largest absolute Gasteiger partial charge is 0.417 e. The van der Waals surface area contributed by atoms with Crippen LogP contribution in [0.5, 0.6) is 0 Å². The van der Waals surface area contributed by atoms with Crippen molar-refractivity contribution in [3.8, 4) is 17.3 Å². The van der Waals surface area contributed by atoms with Crippen molar-refractivity contribution in [2.75, 3.05) is 7.11 Å². The molecule has 0 bridgehead atoms. The van der Waals surface area contributed by atoms with E-state index in [1.165, 1.54) is 30.1 Å². The maximum atomic E-state index is 14.0. The maximum Gasteiger partial charge on any atom is 0.417 e. The molecule has 4 rings (SSSR count). The standard InChI is InChI=1S/C22H23F3N4O4S/c1-29-17(5-8-27-29)13-3-4-19(16(9-13)22(23,24)25)34(31,32)14-10-15(18(11-14)33-2)20(30)28-21(12-26)6-7-21/h3-5,8-9,14-15,18H,6-7,10-11H2,1-2H3,(H,28,30)/t14-,15-,18-/m0/s1. The fourth-order valence-electron chi connectivity index (χ4n) is 4.46. The van der Waals surface area contributed by atoms with Crippen molar-refractivity contribution in [3.05, 3.63) is 36.0 Å². The zero-order valence-electron chi connectivity index (χ0n) is 18.5. The van der Waals surface area contributed by atoms with Gasteiger partial charge in [0.05, 0.1) is 39.5 Å². The van der Waals surface area contributed by atoms with Gasteiger partial charge < -0.3 is 10.1 Å². The predicted octanol–water partition coefficient (Wildman–Crippen LogP) is 2.85. The van der Waals surface area contributed by atoms with E-state index in [0.29, 0.717) is 18.5 Å². The van der Waals surface area contributed by atoms with Crippen LogP contribution in [0.3, 0.4) is 0 Å². The molecule has 3 atom stereocenters. The van der Waals surface area contributed by atoms with Gasteiger partial charge in [0.1, 0.15) is 5.54 Å². The van der Waals surface area contributed by atoms with E-state index in [1.807, 2.05) is 6.07 Å². The van der Waals surface area contributed by atoms with Gasteiger partial charge in [0.15, 0.2) is 9.84 Å². The van der Waals surface area contributed by atoms with Gasteiger partial charge in [-0.25, -0.2) is 8.42 Å². The summed E-state index contributed by atoms with van der Waals surface area (Å²) in [6.07, 6.45) is -3.61. The zero-order valence-corrected chi connectivity index (χ0v) is 19.3. The third-order valence-corrected chi connectivity index (χ3v) is 8.81. The first-order chi connectivity index (χ1) is 15.9. The number of halogens is 3. The van der Waals surface area contributed by atoms with Gasteiger partial charge in [0.2, 0.25) is 5.91 Å². The van der Waals surface area contributed by atoms with Crippen LogP contribution in [0, 0.1) is 17.2 Å². The Morgan fingerprint density at radius 2 is 2.00 bits per heavy atom. The van der Waals surface area contributed by atoms with Crippen LogP contribution in [0.15, 0.2) is 35.4 Å². The Kier molecular flexibility index (Phi) is 5.98. The van der Waals surface area contributed by atoms with Crippen molar-refractivity contribution in [2.24, 2.45) is 13.0 Å². The van der Waals surface area contributed by atoms with E-state index >= 15 is 0 Å². The van der Waals surface area contributed by atoms with Crippen LogP contribution < -0.4 is 5.32 Å². The lowest BCUT2D eigenvalue weighted by Crippen LogP contribution is -2.42. The van der Waals surface area contributed by atoms with Crippen molar-refractivity contribution in [3.63, 3.8) is 0 Å². The molecule has 0 saturated heterocycles. The number of sulfone groups is 1. The molecule has 1 amide bonds. The molecule has 1 aromatic carbocycles. The van der Waals surface area contributed by atoms with Crippen molar-refractivity contribution in [1.29, 1.82) is 5.26 Å². The summed E-state index contributed by atoms with van der Waals surface area (Å²) >= 11 is 0. The number of rotatable bonds is 6. The molecule has 12 heteroatoms. The van der Waals surface area contributed by atoms with Gasteiger partial charge in [-0.05, 0) is 43.9 Å². The Hall–Kier alpha value is -2.91. The predicted molar refractivity (Wildman–Crippen MR) is 114 cm³/mol. The summed E-state index contributed by atoms with van der Waals surface area (Å²) in [4.78, 5) is 11.9. The summed E-state index contributed by atoms with van der Waals surface area (Å²) in [5.41, 5.74) is -1.64. The average molecular weight is 497 g/mol. The number of carbonyl (C=O) groups excluding carboxylic acids is 1. The number of carbonyl (C=O) groups is 1. The van der Waals surface area contributed by atoms with E-state index in [4.69, 9.17) is 4.74 Å². The normalized spacial score (nSPS) is 23.9. The molecule has 1 aromatic heterocycles. The van der Waals surface area contributed by atoms with Crippen LogP contribution >= 0.6 is 0 Å². The number of alkyl halides is 3. The van der Waals surface area contributed by atoms with Crippen molar-refractivity contribution < 1.29 is 31.1 Å². The monoisotopic (exact) mass is 496 g/mol. The van der Waals surface area contributed by atoms with E-state index in [9.17, 15) is 31.6 Å². The number of nitrogens with zero attached hydrogens (tertiary/aromatic N) is 3. The van der Waals surface area contributed by atoms with Crippen molar-refractivity contribution >= 4 is 15.7 Å².